The minimum atomic E-state index is -0.328. The van der Waals surface area contributed by atoms with Crippen LogP contribution in [0.2, 0.25) is 0 Å². The quantitative estimate of drug-likeness (QED) is 0.652. The van der Waals surface area contributed by atoms with E-state index in [1.165, 1.54) is 7.11 Å². The molecule has 2 N–H and O–H groups in total. The highest BCUT2D eigenvalue weighted by Gasteiger charge is 2.23. The first kappa shape index (κ1) is 11.3. The molecule has 1 amide bonds. The Morgan fingerprint density at radius 2 is 2.43 bits per heavy atom. The summed E-state index contributed by atoms with van der Waals surface area (Å²) < 4.78 is 4.55. The molecule has 14 heavy (non-hydrogen) atoms. The zero-order chi connectivity index (χ0) is 10.4. The fraction of sp³-hybridized carbons (Fsp3) is 0.889. The van der Waals surface area contributed by atoms with Crippen molar-refractivity contribution < 1.29 is 9.53 Å². The number of amides is 1. The third-order valence-corrected chi connectivity index (χ3v) is 2.46. The minimum absolute atomic E-state index is 0.249. The molecule has 5 heteroatoms. The summed E-state index contributed by atoms with van der Waals surface area (Å²) in [7, 11) is 3.34. The van der Waals surface area contributed by atoms with Crippen molar-refractivity contribution >= 4 is 6.09 Å². The second-order valence-corrected chi connectivity index (χ2v) is 3.53. The molecule has 1 aliphatic heterocycles. The van der Waals surface area contributed by atoms with Crippen molar-refractivity contribution in [1.82, 2.24) is 15.5 Å². The summed E-state index contributed by atoms with van der Waals surface area (Å²) in [5.41, 5.74) is 0. The van der Waals surface area contributed by atoms with Crippen molar-refractivity contribution in [3.63, 3.8) is 0 Å². The van der Waals surface area contributed by atoms with Gasteiger partial charge in [0.15, 0.2) is 0 Å². The van der Waals surface area contributed by atoms with Gasteiger partial charge < -0.3 is 15.4 Å². The zero-order valence-corrected chi connectivity index (χ0v) is 8.88. The van der Waals surface area contributed by atoms with Gasteiger partial charge >= 0.3 is 6.09 Å². The summed E-state index contributed by atoms with van der Waals surface area (Å²) in [6.07, 6.45) is 0.684. The number of hydrogen-bond donors (Lipinski definition) is 2. The lowest BCUT2D eigenvalue weighted by atomic mass is 10.3. The topological polar surface area (TPSA) is 53.6 Å². The van der Waals surface area contributed by atoms with Crippen molar-refractivity contribution in [2.75, 3.05) is 40.3 Å². The molecular formula is C9H19N3O2. The molecule has 0 aromatic carbocycles. The van der Waals surface area contributed by atoms with Crippen LogP contribution in [-0.4, -0.2) is 57.4 Å². The van der Waals surface area contributed by atoms with Crippen LogP contribution in [0, 0.1) is 0 Å². The third-order valence-electron chi connectivity index (χ3n) is 2.46. The molecule has 1 fully saturated rings. The molecule has 0 saturated carbocycles. The highest BCUT2D eigenvalue weighted by Crippen LogP contribution is 2.07. The molecule has 0 aliphatic carbocycles. The van der Waals surface area contributed by atoms with Gasteiger partial charge in [-0.05, 0) is 13.5 Å². The van der Waals surface area contributed by atoms with Gasteiger partial charge in [-0.15, -0.1) is 0 Å². The van der Waals surface area contributed by atoms with Gasteiger partial charge in [0, 0.05) is 32.2 Å². The van der Waals surface area contributed by atoms with E-state index in [1.54, 1.807) is 0 Å². The summed E-state index contributed by atoms with van der Waals surface area (Å²) in [6.45, 7) is 4.01. The molecule has 5 nitrogen and oxygen atoms in total. The lowest BCUT2D eigenvalue weighted by molar-refractivity contribution is 0.166. The number of nitrogens with zero attached hydrogens (tertiary/aromatic N) is 1. The number of alkyl carbamates (subject to hydrolysis) is 1. The molecule has 1 aliphatic rings. The van der Waals surface area contributed by atoms with Gasteiger partial charge in [0.05, 0.1) is 7.11 Å². The van der Waals surface area contributed by atoms with E-state index in [4.69, 9.17) is 0 Å². The fourth-order valence-electron chi connectivity index (χ4n) is 1.65. The Kier molecular flexibility index (Phi) is 4.69. The number of methoxy groups -OCH3 is 1. The molecule has 0 spiro atoms. The number of rotatable bonds is 4. The monoisotopic (exact) mass is 201 g/mol. The molecule has 1 rings (SSSR count). The lowest BCUT2D eigenvalue weighted by Crippen LogP contribution is -2.38. The van der Waals surface area contributed by atoms with Crippen LogP contribution >= 0.6 is 0 Å². The van der Waals surface area contributed by atoms with E-state index in [-0.39, 0.29) is 12.1 Å². The normalized spacial score (nSPS) is 22.3. The summed E-state index contributed by atoms with van der Waals surface area (Å²) >= 11 is 0. The standard InChI is InChI=1S/C9H19N3O2/c1-10-4-6-12-5-3-8(7-12)11-9(13)14-2/h8,10H,3-7H2,1-2H3,(H,11,13). The Morgan fingerprint density at radius 3 is 3.07 bits per heavy atom. The number of carbonyl (C=O) groups is 1. The molecule has 1 heterocycles. The molecule has 0 aromatic heterocycles. The van der Waals surface area contributed by atoms with Crippen molar-refractivity contribution in [2.24, 2.45) is 0 Å². The average Bonchev–Trinajstić information content (AvgIpc) is 2.62. The van der Waals surface area contributed by atoms with Gasteiger partial charge in [-0.2, -0.15) is 0 Å². The maximum atomic E-state index is 10.9. The number of likely N-dealkylation sites (tertiary alicyclic amines) is 1. The van der Waals surface area contributed by atoms with Crippen LogP contribution in [-0.2, 0) is 4.74 Å². The van der Waals surface area contributed by atoms with Gasteiger partial charge in [0.2, 0.25) is 0 Å². The molecule has 1 atom stereocenters. The van der Waals surface area contributed by atoms with Crippen molar-refractivity contribution in [3.05, 3.63) is 0 Å². The Morgan fingerprint density at radius 1 is 1.64 bits per heavy atom. The largest absolute Gasteiger partial charge is 0.453 e. The van der Waals surface area contributed by atoms with Crippen molar-refractivity contribution in [1.29, 1.82) is 0 Å². The van der Waals surface area contributed by atoms with E-state index in [0.29, 0.717) is 0 Å². The van der Waals surface area contributed by atoms with E-state index in [0.717, 1.165) is 32.6 Å². The van der Waals surface area contributed by atoms with E-state index in [1.807, 2.05) is 7.05 Å². The predicted octanol–water partition coefficient (Wildman–Crippen LogP) is -0.364. The van der Waals surface area contributed by atoms with Crippen molar-refractivity contribution in [3.8, 4) is 0 Å². The van der Waals surface area contributed by atoms with Crippen LogP contribution in [0.25, 0.3) is 0 Å². The molecule has 0 bridgehead atoms. The van der Waals surface area contributed by atoms with Crippen LogP contribution in [0.4, 0.5) is 4.79 Å². The third kappa shape index (κ3) is 3.51. The van der Waals surface area contributed by atoms with E-state index < -0.39 is 0 Å². The average molecular weight is 201 g/mol. The van der Waals surface area contributed by atoms with E-state index in [2.05, 4.69) is 20.3 Å². The summed E-state index contributed by atoms with van der Waals surface area (Å²) in [4.78, 5) is 13.3. The minimum Gasteiger partial charge on any atom is -0.453 e. The smallest absolute Gasteiger partial charge is 0.407 e. The second kappa shape index (κ2) is 5.82. The molecule has 1 unspecified atom stereocenters. The van der Waals surface area contributed by atoms with Gasteiger partial charge in [-0.25, -0.2) is 4.79 Å². The summed E-state index contributed by atoms with van der Waals surface area (Å²) in [5.74, 6) is 0. The van der Waals surface area contributed by atoms with Crippen molar-refractivity contribution in [2.45, 2.75) is 12.5 Å². The van der Waals surface area contributed by atoms with Crippen LogP contribution in [0.15, 0.2) is 0 Å². The van der Waals surface area contributed by atoms with E-state index >= 15 is 0 Å². The Labute approximate surface area is 84.8 Å². The van der Waals surface area contributed by atoms with Gasteiger partial charge in [-0.1, -0.05) is 0 Å². The first-order valence-electron chi connectivity index (χ1n) is 4.97. The summed E-state index contributed by atoms with van der Waals surface area (Å²) in [5, 5.41) is 5.92. The predicted molar refractivity (Wildman–Crippen MR) is 54.3 cm³/mol. The first-order valence-corrected chi connectivity index (χ1v) is 4.97. The Balaban J connectivity index is 2.17. The highest BCUT2D eigenvalue weighted by molar-refractivity contribution is 5.67. The molecule has 1 saturated heterocycles. The van der Waals surface area contributed by atoms with Gasteiger partial charge in [0.1, 0.15) is 0 Å². The van der Waals surface area contributed by atoms with Crippen LogP contribution in [0.3, 0.4) is 0 Å². The summed E-state index contributed by atoms with van der Waals surface area (Å²) in [6, 6.07) is 0.249. The van der Waals surface area contributed by atoms with E-state index in [9.17, 15) is 4.79 Å². The number of hydrogen-bond acceptors (Lipinski definition) is 4. The SMILES string of the molecule is CNCCN1CCC(NC(=O)OC)C1. The zero-order valence-electron chi connectivity index (χ0n) is 8.88. The van der Waals surface area contributed by atoms with Crippen LogP contribution in [0.5, 0.6) is 0 Å². The fourth-order valence-corrected chi connectivity index (χ4v) is 1.65. The number of nitrogens with one attached hydrogen (secondary N) is 2. The van der Waals surface area contributed by atoms with Gasteiger partial charge in [0.25, 0.3) is 0 Å². The second-order valence-electron chi connectivity index (χ2n) is 3.53. The molecular weight excluding hydrogens is 182 g/mol. The number of carbonyl (C=O) groups excluding carboxylic acids is 1. The highest BCUT2D eigenvalue weighted by atomic mass is 16.5. The maximum Gasteiger partial charge on any atom is 0.407 e. The Hall–Kier alpha value is -0.810. The Bertz CT molecular complexity index is 187. The lowest BCUT2D eigenvalue weighted by Gasteiger charge is -2.15. The van der Waals surface area contributed by atoms with Crippen LogP contribution in [0.1, 0.15) is 6.42 Å². The number of ether oxygens (including phenoxy) is 1. The first-order chi connectivity index (χ1) is 6.76. The van der Waals surface area contributed by atoms with Gasteiger partial charge in [-0.3, -0.25) is 4.90 Å². The molecule has 0 radical (unpaired) electrons. The molecule has 0 aromatic rings. The maximum absolute atomic E-state index is 10.9. The van der Waals surface area contributed by atoms with Crippen LogP contribution < -0.4 is 10.6 Å². The number of likely N-dealkylation sites (N-methyl/N-ethyl adjacent to an activating group) is 1. The molecule has 82 valence electrons.